The summed E-state index contributed by atoms with van der Waals surface area (Å²) in [5.74, 6) is 1.58. The Morgan fingerprint density at radius 1 is 1.00 bits per heavy atom. The smallest absolute Gasteiger partial charge is 0.160 e. The summed E-state index contributed by atoms with van der Waals surface area (Å²) in [6.07, 6.45) is 3.63. The molecular formula is C21H18O3. The monoisotopic (exact) mass is 318 g/mol. The van der Waals surface area contributed by atoms with Crippen LogP contribution in [-0.4, -0.2) is 12.9 Å². The van der Waals surface area contributed by atoms with Crippen molar-refractivity contribution in [1.82, 2.24) is 0 Å². The lowest BCUT2D eigenvalue weighted by molar-refractivity contribution is 0.101. The number of Topliss-reactive ketones (excluding diaryl/α,β-unsaturated/α-hetero) is 1. The second-order valence-corrected chi connectivity index (χ2v) is 5.41. The normalized spacial score (nSPS) is 11.3. The molecule has 120 valence electrons. The third kappa shape index (κ3) is 3.30. The molecular weight excluding hydrogens is 300 g/mol. The van der Waals surface area contributed by atoms with E-state index in [1.165, 1.54) is 0 Å². The maximum atomic E-state index is 11.9. The lowest BCUT2D eigenvalue weighted by Gasteiger charge is -2.09. The predicted octanol–water partition coefficient (Wildman–Crippen LogP) is 5.08. The molecule has 0 spiro atoms. The Morgan fingerprint density at radius 2 is 1.75 bits per heavy atom. The second kappa shape index (κ2) is 7.01. The van der Waals surface area contributed by atoms with Gasteiger partial charge in [-0.2, -0.15) is 0 Å². The Hall–Kier alpha value is -3.07. The van der Waals surface area contributed by atoms with E-state index in [0.29, 0.717) is 5.56 Å². The fraction of sp³-hybridized carbons (Fsp3) is 0.0952. The van der Waals surface area contributed by atoms with Crippen molar-refractivity contribution in [2.24, 2.45) is 0 Å². The molecule has 24 heavy (non-hydrogen) atoms. The molecule has 0 radical (unpaired) electrons. The fourth-order valence-electron chi connectivity index (χ4n) is 2.60. The molecule has 0 saturated carbocycles. The van der Waals surface area contributed by atoms with Gasteiger partial charge >= 0.3 is 0 Å². The van der Waals surface area contributed by atoms with E-state index in [9.17, 15) is 4.79 Å². The second-order valence-electron chi connectivity index (χ2n) is 5.41. The fourth-order valence-corrected chi connectivity index (χ4v) is 2.60. The molecule has 3 aromatic rings. The highest BCUT2D eigenvalue weighted by Gasteiger charge is 2.11. The average Bonchev–Trinajstić information content (AvgIpc) is 3.14. The molecule has 2 aromatic carbocycles. The van der Waals surface area contributed by atoms with Gasteiger partial charge in [0, 0.05) is 11.1 Å². The Balaban J connectivity index is 2.14. The molecule has 3 heteroatoms. The van der Waals surface area contributed by atoms with Gasteiger partial charge in [0.15, 0.2) is 5.78 Å². The zero-order chi connectivity index (χ0) is 16.9. The number of benzene rings is 2. The molecule has 0 bridgehead atoms. The Morgan fingerprint density at radius 3 is 2.38 bits per heavy atom. The molecule has 1 heterocycles. The van der Waals surface area contributed by atoms with Gasteiger partial charge in [-0.25, -0.2) is 0 Å². The molecule has 0 amide bonds. The lowest BCUT2D eigenvalue weighted by Crippen LogP contribution is -1.96. The van der Waals surface area contributed by atoms with Crippen molar-refractivity contribution >= 4 is 17.4 Å². The van der Waals surface area contributed by atoms with Crippen LogP contribution in [0.2, 0.25) is 0 Å². The summed E-state index contributed by atoms with van der Waals surface area (Å²) in [6, 6.07) is 19.1. The van der Waals surface area contributed by atoms with Crippen LogP contribution >= 0.6 is 0 Å². The summed E-state index contributed by atoms with van der Waals surface area (Å²) in [7, 11) is 1.64. The number of hydrogen-bond donors (Lipinski definition) is 0. The summed E-state index contributed by atoms with van der Waals surface area (Å²) in [5.41, 5.74) is 3.46. The minimum Gasteiger partial charge on any atom is -0.497 e. The average molecular weight is 318 g/mol. The molecule has 0 aliphatic heterocycles. The molecule has 0 fully saturated rings. The molecule has 1 aromatic heterocycles. The molecule has 0 aliphatic carbocycles. The van der Waals surface area contributed by atoms with Crippen molar-refractivity contribution in [1.29, 1.82) is 0 Å². The van der Waals surface area contributed by atoms with E-state index >= 15 is 0 Å². The first-order valence-electron chi connectivity index (χ1n) is 7.69. The number of carbonyl (C=O) groups excluding carboxylic acids is 1. The number of ketones is 1. The van der Waals surface area contributed by atoms with E-state index in [1.54, 1.807) is 20.3 Å². The number of ether oxygens (including phenoxy) is 1. The number of hydrogen-bond acceptors (Lipinski definition) is 3. The summed E-state index contributed by atoms with van der Waals surface area (Å²) < 4.78 is 10.8. The van der Waals surface area contributed by atoms with E-state index in [2.05, 4.69) is 0 Å². The Labute approximate surface area is 141 Å². The van der Waals surface area contributed by atoms with E-state index in [-0.39, 0.29) is 5.78 Å². The highest BCUT2D eigenvalue weighted by atomic mass is 16.5. The third-order valence-corrected chi connectivity index (χ3v) is 3.83. The number of furan rings is 1. The van der Waals surface area contributed by atoms with Crippen molar-refractivity contribution in [2.45, 2.75) is 6.92 Å². The van der Waals surface area contributed by atoms with Gasteiger partial charge in [-0.05, 0) is 48.4 Å². The van der Waals surface area contributed by atoms with Crippen LogP contribution in [0.5, 0.6) is 5.75 Å². The highest BCUT2D eigenvalue weighted by Crippen LogP contribution is 2.29. The first-order chi connectivity index (χ1) is 11.7. The number of rotatable bonds is 5. The van der Waals surface area contributed by atoms with Gasteiger partial charge in [0.2, 0.25) is 0 Å². The van der Waals surface area contributed by atoms with E-state index in [1.807, 2.05) is 66.7 Å². The van der Waals surface area contributed by atoms with Crippen LogP contribution < -0.4 is 4.74 Å². The molecule has 0 N–H and O–H groups in total. The van der Waals surface area contributed by atoms with Crippen LogP contribution in [0.3, 0.4) is 0 Å². The van der Waals surface area contributed by atoms with Crippen LogP contribution in [0.15, 0.2) is 71.3 Å². The summed E-state index contributed by atoms with van der Waals surface area (Å²) >= 11 is 0. The van der Waals surface area contributed by atoms with Gasteiger partial charge in [-0.1, -0.05) is 36.4 Å². The van der Waals surface area contributed by atoms with E-state index in [0.717, 1.165) is 28.2 Å². The SMILES string of the molecule is COc1ccc(/C(=C/c2ccccc2C(C)=O)c2ccco2)cc1. The minimum absolute atomic E-state index is 0.0374. The Kier molecular flexibility index (Phi) is 4.62. The van der Waals surface area contributed by atoms with Crippen molar-refractivity contribution in [3.63, 3.8) is 0 Å². The number of carbonyl (C=O) groups is 1. The van der Waals surface area contributed by atoms with Gasteiger partial charge in [0.1, 0.15) is 11.5 Å². The highest BCUT2D eigenvalue weighted by molar-refractivity contribution is 6.00. The lowest BCUT2D eigenvalue weighted by atomic mass is 9.97. The maximum Gasteiger partial charge on any atom is 0.160 e. The zero-order valence-electron chi connectivity index (χ0n) is 13.7. The Bertz CT molecular complexity index is 856. The predicted molar refractivity (Wildman–Crippen MR) is 95.1 cm³/mol. The van der Waals surface area contributed by atoms with E-state index in [4.69, 9.17) is 9.15 Å². The quantitative estimate of drug-likeness (QED) is 0.486. The molecule has 0 unspecified atom stereocenters. The molecule has 3 nitrogen and oxygen atoms in total. The van der Waals surface area contributed by atoms with Crippen molar-refractivity contribution in [3.8, 4) is 5.75 Å². The largest absolute Gasteiger partial charge is 0.497 e. The third-order valence-electron chi connectivity index (χ3n) is 3.83. The van der Waals surface area contributed by atoms with Gasteiger partial charge in [0.05, 0.1) is 13.4 Å². The molecule has 0 saturated heterocycles. The van der Waals surface area contributed by atoms with Crippen molar-refractivity contribution in [2.75, 3.05) is 7.11 Å². The molecule has 0 aliphatic rings. The zero-order valence-corrected chi connectivity index (χ0v) is 13.7. The minimum atomic E-state index is 0.0374. The van der Waals surface area contributed by atoms with Crippen LogP contribution in [0, 0.1) is 0 Å². The van der Waals surface area contributed by atoms with Crippen molar-refractivity contribution < 1.29 is 13.9 Å². The van der Waals surface area contributed by atoms with Gasteiger partial charge in [-0.15, -0.1) is 0 Å². The van der Waals surface area contributed by atoms with Crippen LogP contribution in [0.4, 0.5) is 0 Å². The first kappa shape index (κ1) is 15.8. The number of methoxy groups -OCH3 is 1. The van der Waals surface area contributed by atoms with Crippen LogP contribution in [0.25, 0.3) is 11.6 Å². The molecule has 0 atom stereocenters. The van der Waals surface area contributed by atoms with Gasteiger partial charge < -0.3 is 9.15 Å². The standard InChI is InChI=1S/C21H18O3/c1-15(22)19-7-4-3-6-17(19)14-20(21-8-5-13-24-21)16-9-11-18(23-2)12-10-16/h3-14H,1-2H3/b20-14-. The summed E-state index contributed by atoms with van der Waals surface area (Å²) in [4.78, 5) is 11.9. The topological polar surface area (TPSA) is 39.4 Å². The van der Waals surface area contributed by atoms with Gasteiger partial charge in [-0.3, -0.25) is 4.79 Å². The van der Waals surface area contributed by atoms with Crippen molar-refractivity contribution in [3.05, 3.63) is 89.4 Å². The summed E-state index contributed by atoms with van der Waals surface area (Å²) in [5, 5.41) is 0. The van der Waals surface area contributed by atoms with E-state index < -0.39 is 0 Å². The van der Waals surface area contributed by atoms with Crippen LogP contribution in [-0.2, 0) is 0 Å². The van der Waals surface area contributed by atoms with Gasteiger partial charge in [0.25, 0.3) is 0 Å². The maximum absolute atomic E-state index is 11.9. The van der Waals surface area contributed by atoms with Crippen LogP contribution in [0.1, 0.15) is 34.2 Å². The molecule has 3 rings (SSSR count). The summed E-state index contributed by atoms with van der Waals surface area (Å²) in [6.45, 7) is 1.58. The first-order valence-corrected chi connectivity index (χ1v) is 7.69.